The lowest BCUT2D eigenvalue weighted by Gasteiger charge is -1.97. The molecule has 0 saturated heterocycles. The van der Waals surface area contributed by atoms with E-state index in [1.54, 1.807) is 11.4 Å². The number of thiophene rings is 1. The highest BCUT2D eigenvalue weighted by Gasteiger charge is 2.09. The van der Waals surface area contributed by atoms with E-state index >= 15 is 0 Å². The van der Waals surface area contributed by atoms with E-state index in [2.05, 4.69) is 4.74 Å². The summed E-state index contributed by atoms with van der Waals surface area (Å²) < 4.78 is 4.56. The summed E-state index contributed by atoms with van der Waals surface area (Å²) >= 11 is 1.48. The maximum absolute atomic E-state index is 11.0. The highest BCUT2D eigenvalue weighted by atomic mass is 32.1. The summed E-state index contributed by atoms with van der Waals surface area (Å²) in [4.78, 5) is 12.0. The van der Waals surface area contributed by atoms with Gasteiger partial charge in [-0.05, 0) is 13.0 Å². The minimum absolute atomic E-state index is 0.0200. The molecule has 1 rings (SSSR count). The fraction of sp³-hybridized carbons (Fsp3) is 0.375. The van der Waals surface area contributed by atoms with Crippen LogP contribution in [0.2, 0.25) is 0 Å². The summed E-state index contributed by atoms with van der Waals surface area (Å²) in [6, 6.07) is 1.75. The second kappa shape index (κ2) is 3.69. The van der Waals surface area contributed by atoms with Gasteiger partial charge in [-0.1, -0.05) is 0 Å². The first kappa shape index (κ1) is 9.22. The van der Waals surface area contributed by atoms with E-state index < -0.39 is 0 Å². The summed E-state index contributed by atoms with van der Waals surface area (Å²) in [6.45, 7) is 1.88. The molecule has 1 aromatic rings. The van der Waals surface area contributed by atoms with Gasteiger partial charge in [0, 0.05) is 16.3 Å². The smallest absolute Gasteiger partial charge is 0.338 e. The lowest BCUT2D eigenvalue weighted by atomic mass is 10.2. The van der Waals surface area contributed by atoms with Crippen LogP contribution in [0.3, 0.4) is 0 Å². The van der Waals surface area contributed by atoms with Crippen molar-refractivity contribution in [2.45, 2.75) is 13.0 Å². The Morgan fingerprint density at radius 3 is 2.83 bits per heavy atom. The number of hydrogen-bond donors (Lipinski definition) is 1. The number of hydrogen-bond acceptors (Lipinski definition) is 4. The third-order valence-corrected chi connectivity index (χ3v) is 2.62. The number of rotatable bonds is 2. The van der Waals surface area contributed by atoms with Crippen LogP contribution in [0.25, 0.3) is 0 Å². The quantitative estimate of drug-likeness (QED) is 0.711. The molecule has 0 aliphatic carbocycles. The van der Waals surface area contributed by atoms with Gasteiger partial charge in [-0.15, -0.1) is 11.3 Å². The molecule has 0 spiro atoms. The maximum atomic E-state index is 11.0. The Labute approximate surface area is 75.1 Å². The molecule has 0 amide bonds. The lowest BCUT2D eigenvalue weighted by molar-refractivity contribution is 0.0601. The van der Waals surface area contributed by atoms with Crippen molar-refractivity contribution in [3.63, 3.8) is 0 Å². The van der Waals surface area contributed by atoms with E-state index in [4.69, 9.17) is 5.73 Å². The van der Waals surface area contributed by atoms with E-state index in [0.717, 1.165) is 4.88 Å². The lowest BCUT2D eigenvalue weighted by Crippen LogP contribution is -2.03. The van der Waals surface area contributed by atoms with Crippen LogP contribution in [-0.2, 0) is 4.74 Å². The molecule has 0 aromatic carbocycles. The van der Waals surface area contributed by atoms with Crippen LogP contribution in [0.1, 0.15) is 28.2 Å². The van der Waals surface area contributed by atoms with Crippen LogP contribution in [0, 0.1) is 0 Å². The van der Waals surface area contributed by atoms with Gasteiger partial charge < -0.3 is 10.5 Å². The van der Waals surface area contributed by atoms with E-state index in [9.17, 15) is 4.79 Å². The molecule has 3 nitrogen and oxygen atoms in total. The largest absolute Gasteiger partial charge is 0.465 e. The second-order valence-electron chi connectivity index (χ2n) is 2.52. The first-order chi connectivity index (χ1) is 5.65. The fourth-order valence-electron chi connectivity index (χ4n) is 0.816. The predicted octanol–water partition coefficient (Wildman–Crippen LogP) is 1.55. The van der Waals surface area contributed by atoms with Crippen molar-refractivity contribution in [2.24, 2.45) is 5.73 Å². The van der Waals surface area contributed by atoms with Gasteiger partial charge >= 0.3 is 5.97 Å². The zero-order valence-corrected chi connectivity index (χ0v) is 7.85. The van der Waals surface area contributed by atoms with Crippen molar-refractivity contribution in [3.8, 4) is 0 Å². The van der Waals surface area contributed by atoms with Gasteiger partial charge in [0.25, 0.3) is 0 Å². The number of carbonyl (C=O) groups is 1. The summed E-state index contributed by atoms with van der Waals surface area (Å²) in [5, 5.41) is 1.75. The topological polar surface area (TPSA) is 52.3 Å². The first-order valence-electron chi connectivity index (χ1n) is 3.57. The molecular formula is C8H11NO2S. The molecule has 4 heteroatoms. The zero-order valence-electron chi connectivity index (χ0n) is 7.03. The summed E-state index contributed by atoms with van der Waals surface area (Å²) in [5.74, 6) is -0.307. The highest BCUT2D eigenvalue weighted by Crippen LogP contribution is 2.20. The van der Waals surface area contributed by atoms with Crippen molar-refractivity contribution in [1.29, 1.82) is 0 Å². The van der Waals surface area contributed by atoms with Crippen LogP contribution in [-0.4, -0.2) is 13.1 Å². The van der Waals surface area contributed by atoms with Crippen molar-refractivity contribution >= 4 is 17.3 Å². The second-order valence-corrected chi connectivity index (χ2v) is 3.46. The minimum Gasteiger partial charge on any atom is -0.465 e. The van der Waals surface area contributed by atoms with E-state index in [1.807, 2.05) is 6.92 Å². The number of ether oxygens (including phenoxy) is 1. The van der Waals surface area contributed by atoms with E-state index in [0.29, 0.717) is 5.56 Å². The maximum Gasteiger partial charge on any atom is 0.338 e. The summed E-state index contributed by atoms with van der Waals surface area (Å²) in [6.07, 6.45) is 0. The molecule has 0 bridgehead atoms. The van der Waals surface area contributed by atoms with Crippen molar-refractivity contribution in [3.05, 3.63) is 21.9 Å². The van der Waals surface area contributed by atoms with E-state index in [-0.39, 0.29) is 12.0 Å². The molecule has 0 aliphatic heterocycles. The van der Waals surface area contributed by atoms with Crippen LogP contribution in [0.5, 0.6) is 0 Å². The Hall–Kier alpha value is -0.870. The summed E-state index contributed by atoms with van der Waals surface area (Å²) in [7, 11) is 1.37. The van der Waals surface area contributed by atoms with Gasteiger partial charge in [0.2, 0.25) is 0 Å². The number of nitrogens with two attached hydrogens (primary N) is 1. The molecule has 0 aliphatic rings. The van der Waals surface area contributed by atoms with Crippen LogP contribution < -0.4 is 5.73 Å². The molecule has 0 fully saturated rings. The fourth-order valence-corrected chi connectivity index (χ4v) is 1.65. The van der Waals surface area contributed by atoms with Gasteiger partial charge in [0.15, 0.2) is 0 Å². The Kier molecular flexibility index (Phi) is 2.83. The number of carbonyl (C=O) groups excluding carboxylic acids is 1. The van der Waals surface area contributed by atoms with Gasteiger partial charge in [-0.3, -0.25) is 0 Å². The number of methoxy groups -OCH3 is 1. The molecule has 1 aromatic heterocycles. The van der Waals surface area contributed by atoms with Crippen LogP contribution in [0.4, 0.5) is 0 Å². The number of esters is 1. The normalized spacial score (nSPS) is 12.6. The summed E-state index contributed by atoms with van der Waals surface area (Å²) in [5.41, 5.74) is 6.21. The first-order valence-corrected chi connectivity index (χ1v) is 4.45. The monoisotopic (exact) mass is 185 g/mol. The molecule has 1 atom stereocenters. The van der Waals surface area contributed by atoms with Crippen molar-refractivity contribution in [1.82, 2.24) is 0 Å². The highest BCUT2D eigenvalue weighted by molar-refractivity contribution is 7.10. The van der Waals surface area contributed by atoms with Gasteiger partial charge in [-0.2, -0.15) is 0 Å². The van der Waals surface area contributed by atoms with Crippen molar-refractivity contribution in [2.75, 3.05) is 7.11 Å². The average molecular weight is 185 g/mol. The molecule has 1 heterocycles. The Morgan fingerprint density at radius 1 is 1.75 bits per heavy atom. The van der Waals surface area contributed by atoms with Crippen molar-refractivity contribution < 1.29 is 9.53 Å². The molecular weight excluding hydrogens is 174 g/mol. The molecule has 0 saturated carbocycles. The zero-order chi connectivity index (χ0) is 9.14. The molecule has 0 radical (unpaired) electrons. The molecule has 66 valence electrons. The minimum atomic E-state index is -0.307. The average Bonchev–Trinajstić information content (AvgIpc) is 2.51. The van der Waals surface area contributed by atoms with E-state index in [1.165, 1.54) is 18.4 Å². The molecule has 0 unspecified atom stereocenters. The van der Waals surface area contributed by atoms with Gasteiger partial charge in [0.05, 0.1) is 12.7 Å². The Morgan fingerprint density at radius 2 is 2.42 bits per heavy atom. The van der Waals surface area contributed by atoms with Crippen LogP contribution >= 0.6 is 11.3 Å². The van der Waals surface area contributed by atoms with Gasteiger partial charge in [0.1, 0.15) is 0 Å². The molecule has 2 N–H and O–H groups in total. The molecule has 12 heavy (non-hydrogen) atoms. The third kappa shape index (κ3) is 1.84. The standard InChI is InChI=1S/C8H11NO2S/c1-5(9)7-3-6(4-12-7)8(10)11-2/h3-5H,9H2,1-2H3/t5-/m1/s1. The Balaban J connectivity index is 2.84. The predicted molar refractivity (Wildman–Crippen MR) is 48.3 cm³/mol. The Bertz CT molecular complexity index is 280. The van der Waals surface area contributed by atoms with Crippen LogP contribution in [0.15, 0.2) is 11.4 Å². The van der Waals surface area contributed by atoms with Gasteiger partial charge in [-0.25, -0.2) is 4.79 Å². The SMILES string of the molecule is COC(=O)c1csc([C@@H](C)N)c1. The third-order valence-electron chi connectivity index (χ3n) is 1.49.